The Morgan fingerprint density at radius 1 is 1.14 bits per heavy atom. The van der Waals surface area contributed by atoms with Crippen molar-refractivity contribution in [1.29, 1.82) is 0 Å². The molecule has 0 saturated heterocycles. The molecule has 148 valence electrons. The summed E-state index contributed by atoms with van der Waals surface area (Å²) in [5, 5.41) is 6.31. The van der Waals surface area contributed by atoms with Gasteiger partial charge in [0.15, 0.2) is 0 Å². The van der Waals surface area contributed by atoms with Gasteiger partial charge in [-0.15, -0.1) is 0 Å². The molecule has 0 saturated carbocycles. The minimum Gasteiger partial charge on any atom is -0.378 e. The summed E-state index contributed by atoms with van der Waals surface area (Å²) in [7, 11) is 1.68. The number of nitrogens with one attached hydrogen (secondary N) is 1. The largest absolute Gasteiger partial charge is 0.471 e. The summed E-state index contributed by atoms with van der Waals surface area (Å²) in [6.07, 6.45) is -4.70. The second kappa shape index (κ2) is 7.10. The highest BCUT2D eigenvalue weighted by molar-refractivity contribution is 5.75. The van der Waals surface area contributed by atoms with Crippen molar-refractivity contribution in [1.82, 2.24) is 10.1 Å². The van der Waals surface area contributed by atoms with Crippen LogP contribution in [-0.2, 0) is 12.7 Å². The zero-order valence-electron chi connectivity index (χ0n) is 15.3. The summed E-state index contributed by atoms with van der Waals surface area (Å²) in [6, 6.07) is 6.48. The van der Waals surface area contributed by atoms with E-state index < -0.39 is 22.9 Å². The normalized spacial score (nSPS) is 12.0. The van der Waals surface area contributed by atoms with Gasteiger partial charge >= 0.3 is 12.1 Å². The molecule has 3 aromatic rings. The van der Waals surface area contributed by atoms with E-state index in [4.69, 9.17) is 0 Å². The van der Waals surface area contributed by atoms with E-state index >= 15 is 0 Å². The summed E-state index contributed by atoms with van der Waals surface area (Å²) in [4.78, 5) is 28.6. The van der Waals surface area contributed by atoms with Crippen molar-refractivity contribution in [2.75, 3.05) is 17.3 Å². The predicted molar refractivity (Wildman–Crippen MR) is 97.0 cm³/mol. The minimum atomic E-state index is -4.70. The monoisotopic (exact) mass is 394 g/mol. The Kier molecular flexibility index (Phi) is 4.97. The van der Waals surface area contributed by atoms with E-state index in [1.807, 2.05) is 13.8 Å². The van der Waals surface area contributed by atoms with E-state index in [1.54, 1.807) is 36.2 Å². The molecule has 3 rings (SSSR count). The van der Waals surface area contributed by atoms with Crippen molar-refractivity contribution >= 4 is 11.4 Å². The molecule has 0 bridgehead atoms. The Morgan fingerprint density at radius 3 is 2.32 bits per heavy atom. The third-order valence-corrected chi connectivity index (χ3v) is 4.00. The molecule has 28 heavy (non-hydrogen) atoms. The molecular formula is C18H17F3N4O3. The van der Waals surface area contributed by atoms with E-state index in [0.717, 1.165) is 5.56 Å². The summed E-state index contributed by atoms with van der Waals surface area (Å²) in [5.41, 5.74) is 0.676. The predicted octanol–water partition coefficient (Wildman–Crippen LogP) is 2.81. The number of rotatable bonds is 6. The van der Waals surface area contributed by atoms with Crippen molar-refractivity contribution < 1.29 is 17.7 Å². The van der Waals surface area contributed by atoms with Crippen molar-refractivity contribution in [2.45, 2.75) is 32.6 Å². The molecule has 0 aliphatic rings. The fourth-order valence-electron chi connectivity index (χ4n) is 2.73. The van der Waals surface area contributed by atoms with E-state index in [1.165, 1.54) is 0 Å². The molecule has 0 aliphatic carbocycles. The van der Waals surface area contributed by atoms with Gasteiger partial charge in [0.1, 0.15) is 11.4 Å². The zero-order chi connectivity index (χ0) is 20.6. The topological polar surface area (TPSA) is 88.3 Å². The highest BCUT2D eigenvalue weighted by Crippen LogP contribution is 2.29. The molecular weight excluding hydrogens is 377 g/mol. The van der Waals surface area contributed by atoms with Crippen LogP contribution in [0.2, 0.25) is 0 Å². The Labute approximate surface area is 157 Å². The maximum absolute atomic E-state index is 12.5. The van der Waals surface area contributed by atoms with Crippen LogP contribution in [0.15, 0.2) is 38.4 Å². The second-order valence-electron chi connectivity index (χ2n) is 6.65. The lowest BCUT2D eigenvalue weighted by Gasteiger charge is -2.24. The third kappa shape index (κ3) is 3.75. The van der Waals surface area contributed by atoms with E-state index in [0.29, 0.717) is 23.5 Å². The molecule has 2 aromatic carbocycles. The average Bonchev–Trinajstić information content (AvgIpc) is 3.11. The van der Waals surface area contributed by atoms with Crippen molar-refractivity contribution in [2.24, 2.45) is 0 Å². The van der Waals surface area contributed by atoms with Crippen molar-refractivity contribution in [3.8, 4) is 11.4 Å². The molecule has 1 N–H and O–H groups in total. The first kappa shape index (κ1) is 19.6. The Hall–Kier alpha value is -3.17. The second-order valence-corrected chi connectivity index (χ2v) is 6.65. The molecule has 0 aliphatic heterocycles. The molecule has 0 spiro atoms. The van der Waals surface area contributed by atoms with E-state index in [2.05, 4.69) is 20.0 Å². The minimum absolute atomic E-state index is 0.00582. The smallest absolute Gasteiger partial charge is 0.378 e. The number of anilines is 2. The molecule has 1 aromatic heterocycles. The van der Waals surface area contributed by atoms with Crippen LogP contribution in [0.4, 0.5) is 24.5 Å². The highest BCUT2D eigenvalue weighted by Gasteiger charge is 2.38. The lowest BCUT2D eigenvalue weighted by Crippen LogP contribution is -2.42. The van der Waals surface area contributed by atoms with Gasteiger partial charge in [-0.3, -0.25) is 9.59 Å². The standard InChI is InChI=1S/C18H17F3N4O3/c1-9(2)22-12-13(15(27)14(12)26)25(3)8-10-4-6-11(7-5-10)16-23-17(28-24-16)18(19,20)21/h4-7,9,22H,8H2,1-3H3. The molecule has 1 heterocycles. The van der Waals surface area contributed by atoms with Gasteiger partial charge in [-0.05, 0) is 19.4 Å². The number of hydrogen-bond acceptors (Lipinski definition) is 7. The zero-order valence-corrected chi connectivity index (χ0v) is 15.3. The van der Waals surface area contributed by atoms with Gasteiger partial charge in [0.25, 0.3) is 10.9 Å². The highest BCUT2D eigenvalue weighted by atomic mass is 19.4. The van der Waals surface area contributed by atoms with Crippen LogP contribution in [0.1, 0.15) is 25.3 Å². The van der Waals surface area contributed by atoms with Gasteiger partial charge in [-0.2, -0.15) is 18.2 Å². The van der Waals surface area contributed by atoms with E-state index in [-0.39, 0.29) is 11.9 Å². The number of benzene rings is 1. The van der Waals surface area contributed by atoms with Crippen LogP contribution in [-0.4, -0.2) is 23.2 Å². The summed E-state index contributed by atoms with van der Waals surface area (Å²) < 4.78 is 41.9. The first-order valence-corrected chi connectivity index (χ1v) is 8.39. The Morgan fingerprint density at radius 2 is 1.79 bits per heavy atom. The summed E-state index contributed by atoms with van der Waals surface area (Å²) in [5.74, 6) is -1.57. The maximum Gasteiger partial charge on any atom is 0.471 e. The number of nitrogens with zero attached hydrogens (tertiary/aromatic N) is 3. The number of aromatic nitrogens is 2. The van der Waals surface area contributed by atoms with Crippen molar-refractivity contribution in [3.05, 3.63) is 56.2 Å². The van der Waals surface area contributed by atoms with Crippen LogP contribution in [0.5, 0.6) is 0 Å². The third-order valence-electron chi connectivity index (χ3n) is 4.00. The summed E-state index contributed by atoms with van der Waals surface area (Å²) in [6.45, 7) is 4.06. The van der Waals surface area contributed by atoms with Gasteiger partial charge in [0.2, 0.25) is 5.82 Å². The van der Waals surface area contributed by atoms with Crippen LogP contribution < -0.4 is 21.1 Å². The quantitative estimate of drug-likeness (QED) is 0.643. The average molecular weight is 394 g/mol. The van der Waals surface area contributed by atoms with Gasteiger partial charge < -0.3 is 14.7 Å². The van der Waals surface area contributed by atoms with Gasteiger partial charge in [0, 0.05) is 25.2 Å². The fraction of sp³-hybridized carbons (Fsp3) is 0.333. The molecule has 0 amide bonds. The molecule has 10 heteroatoms. The fourth-order valence-corrected chi connectivity index (χ4v) is 2.73. The Bertz CT molecular complexity index is 1050. The SMILES string of the molecule is CC(C)Nc1c(N(C)Cc2ccc(-c3noc(C(F)(F)F)n3)cc2)c(=O)c1=O. The van der Waals surface area contributed by atoms with Crippen molar-refractivity contribution in [3.63, 3.8) is 0 Å². The number of halogens is 3. The molecule has 0 unspecified atom stereocenters. The lowest BCUT2D eigenvalue weighted by atomic mass is 10.1. The van der Waals surface area contributed by atoms with E-state index in [9.17, 15) is 22.8 Å². The van der Waals surface area contributed by atoms with Crippen LogP contribution in [0, 0.1) is 0 Å². The van der Waals surface area contributed by atoms with Crippen LogP contribution in [0.3, 0.4) is 0 Å². The van der Waals surface area contributed by atoms with Gasteiger partial charge in [-0.25, -0.2) is 0 Å². The summed E-state index contributed by atoms with van der Waals surface area (Å²) >= 11 is 0. The molecule has 0 fully saturated rings. The number of alkyl halides is 3. The first-order valence-electron chi connectivity index (χ1n) is 8.39. The molecule has 7 nitrogen and oxygen atoms in total. The van der Waals surface area contributed by atoms with Gasteiger partial charge in [-0.1, -0.05) is 29.4 Å². The molecule has 0 atom stereocenters. The maximum atomic E-state index is 12.5. The van der Waals surface area contributed by atoms with Crippen LogP contribution >= 0.6 is 0 Å². The number of hydrogen-bond donors (Lipinski definition) is 1. The van der Waals surface area contributed by atoms with Gasteiger partial charge in [0.05, 0.1) is 0 Å². The van der Waals surface area contributed by atoms with Crippen LogP contribution in [0.25, 0.3) is 11.4 Å². The first-order chi connectivity index (χ1) is 13.1. The molecule has 0 radical (unpaired) electrons. The Balaban J connectivity index is 1.75. The lowest BCUT2D eigenvalue weighted by molar-refractivity contribution is -0.159.